The van der Waals surface area contributed by atoms with Crippen molar-refractivity contribution in [2.45, 2.75) is 0 Å². The van der Waals surface area contributed by atoms with Crippen LogP contribution in [-0.2, 0) is 0 Å². The van der Waals surface area contributed by atoms with Crippen LogP contribution in [0.2, 0.25) is 0 Å². The molecule has 0 unspecified atom stereocenters. The molecule has 1 aromatic carbocycles. The number of H-pyrrole nitrogens is 1. The van der Waals surface area contributed by atoms with Gasteiger partial charge in [0, 0.05) is 37.8 Å². The zero-order valence-corrected chi connectivity index (χ0v) is 18.3. The zero-order chi connectivity index (χ0) is 22.1. The predicted molar refractivity (Wildman–Crippen MR) is 125 cm³/mol. The first-order valence-electron chi connectivity index (χ1n) is 10.3. The van der Waals surface area contributed by atoms with Gasteiger partial charge in [-0.1, -0.05) is 18.2 Å². The highest BCUT2D eigenvalue weighted by Crippen LogP contribution is 2.29. The normalized spacial score (nSPS) is 14.0. The number of thiophene rings is 1. The molecule has 1 aliphatic heterocycles. The standard InChI is InChI=1S/C23H21N5O3S/c1-31-18-8-3-2-7-17(18)27-10-12-28(13-11-27)23(30)15-14-32-20-19(15)25-21(26-22(20)29)16-6-4-5-9-24-16/h2-9,14H,10-13H2,1H3,(H,25,26,29). The number of anilines is 1. The minimum atomic E-state index is -0.263. The number of carbonyl (C=O) groups is 1. The first-order chi connectivity index (χ1) is 15.7. The summed E-state index contributed by atoms with van der Waals surface area (Å²) < 4.78 is 5.92. The molecule has 1 amide bonds. The summed E-state index contributed by atoms with van der Waals surface area (Å²) in [4.78, 5) is 41.6. The van der Waals surface area contributed by atoms with E-state index in [0.717, 1.165) is 11.4 Å². The summed E-state index contributed by atoms with van der Waals surface area (Å²) in [5.41, 5.74) is 2.20. The largest absolute Gasteiger partial charge is 0.495 e. The van der Waals surface area contributed by atoms with Gasteiger partial charge in [-0.2, -0.15) is 0 Å². The Morgan fingerprint density at radius 1 is 1.09 bits per heavy atom. The second-order valence-corrected chi connectivity index (χ2v) is 8.29. The summed E-state index contributed by atoms with van der Waals surface area (Å²) in [6.07, 6.45) is 1.64. The minimum Gasteiger partial charge on any atom is -0.495 e. The highest BCUT2D eigenvalue weighted by Gasteiger charge is 2.26. The monoisotopic (exact) mass is 447 g/mol. The van der Waals surface area contributed by atoms with Crippen molar-refractivity contribution >= 4 is 33.1 Å². The average molecular weight is 448 g/mol. The molecule has 1 aliphatic rings. The summed E-state index contributed by atoms with van der Waals surface area (Å²) in [6.45, 7) is 2.54. The Morgan fingerprint density at radius 3 is 2.62 bits per heavy atom. The van der Waals surface area contributed by atoms with E-state index in [1.54, 1.807) is 30.8 Å². The van der Waals surface area contributed by atoms with E-state index in [9.17, 15) is 9.59 Å². The molecule has 0 aliphatic carbocycles. The number of para-hydroxylation sites is 2. The number of aromatic amines is 1. The third-order valence-corrected chi connectivity index (χ3v) is 6.53. The van der Waals surface area contributed by atoms with Gasteiger partial charge in [-0.25, -0.2) is 4.98 Å². The Kier molecular flexibility index (Phi) is 5.32. The van der Waals surface area contributed by atoms with Crippen molar-refractivity contribution in [3.05, 3.63) is 70.0 Å². The van der Waals surface area contributed by atoms with Crippen LogP contribution in [0.5, 0.6) is 5.75 Å². The molecule has 3 aromatic heterocycles. The topological polar surface area (TPSA) is 91.4 Å². The molecule has 1 saturated heterocycles. The van der Waals surface area contributed by atoms with E-state index in [1.165, 1.54) is 11.3 Å². The molecule has 1 N–H and O–H groups in total. The van der Waals surface area contributed by atoms with Crippen molar-refractivity contribution in [1.82, 2.24) is 19.9 Å². The van der Waals surface area contributed by atoms with Crippen LogP contribution in [0.4, 0.5) is 5.69 Å². The Hall–Kier alpha value is -3.72. The van der Waals surface area contributed by atoms with Crippen LogP contribution in [0, 0.1) is 0 Å². The predicted octanol–water partition coefficient (Wildman–Crippen LogP) is 3.02. The number of benzene rings is 1. The number of ether oxygens (including phenoxy) is 1. The van der Waals surface area contributed by atoms with Crippen LogP contribution >= 0.6 is 11.3 Å². The number of hydrogen-bond acceptors (Lipinski definition) is 7. The van der Waals surface area contributed by atoms with Gasteiger partial charge in [-0.05, 0) is 24.3 Å². The van der Waals surface area contributed by atoms with E-state index >= 15 is 0 Å². The Morgan fingerprint density at radius 2 is 1.88 bits per heavy atom. The van der Waals surface area contributed by atoms with Crippen molar-refractivity contribution in [2.24, 2.45) is 0 Å². The first kappa shape index (κ1) is 20.2. The Balaban J connectivity index is 1.40. The molecule has 9 heteroatoms. The zero-order valence-electron chi connectivity index (χ0n) is 17.4. The van der Waals surface area contributed by atoms with E-state index in [-0.39, 0.29) is 11.5 Å². The van der Waals surface area contributed by atoms with E-state index in [2.05, 4.69) is 19.9 Å². The number of carbonyl (C=O) groups excluding carboxylic acids is 1. The second-order valence-electron chi connectivity index (χ2n) is 7.41. The van der Waals surface area contributed by atoms with Crippen LogP contribution in [-0.4, -0.2) is 59.0 Å². The number of amides is 1. The number of nitrogens with zero attached hydrogens (tertiary/aromatic N) is 4. The van der Waals surface area contributed by atoms with Crippen LogP contribution in [0.15, 0.2) is 58.8 Å². The highest BCUT2D eigenvalue weighted by atomic mass is 32.1. The van der Waals surface area contributed by atoms with E-state index < -0.39 is 0 Å². The molecule has 32 heavy (non-hydrogen) atoms. The van der Waals surface area contributed by atoms with Crippen LogP contribution in [0.25, 0.3) is 21.7 Å². The molecule has 0 bridgehead atoms. The van der Waals surface area contributed by atoms with Gasteiger partial charge in [0.2, 0.25) is 0 Å². The van der Waals surface area contributed by atoms with Crippen molar-refractivity contribution < 1.29 is 9.53 Å². The van der Waals surface area contributed by atoms with Gasteiger partial charge in [0.05, 0.1) is 18.4 Å². The lowest BCUT2D eigenvalue weighted by Gasteiger charge is -2.36. The Labute approximate surface area is 188 Å². The molecule has 0 radical (unpaired) electrons. The average Bonchev–Trinajstić information content (AvgIpc) is 3.29. The number of piperazine rings is 1. The second kappa shape index (κ2) is 8.43. The fraction of sp³-hybridized carbons (Fsp3) is 0.217. The van der Waals surface area contributed by atoms with E-state index in [0.29, 0.717) is 53.5 Å². The number of nitrogens with one attached hydrogen (secondary N) is 1. The summed E-state index contributed by atoms with van der Waals surface area (Å²) in [5.74, 6) is 1.07. The molecule has 0 saturated carbocycles. The van der Waals surface area contributed by atoms with Gasteiger partial charge in [0.25, 0.3) is 11.5 Å². The minimum absolute atomic E-state index is 0.110. The fourth-order valence-electron chi connectivity index (χ4n) is 3.92. The number of fused-ring (bicyclic) bond motifs is 1. The van der Waals surface area contributed by atoms with Crippen molar-refractivity contribution in [3.8, 4) is 17.3 Å². The van der Waals surface area contributed by atoms with Crippen molar-refractivity contribution in [1.29, 1.82) is 0 Å². The Bertz CT molecular complexity index is 1330. The van der Waals surface area contributed by atoms with Crippen LogP contribution in [0.3, 0.4) is 0 Å². The number of aromatic nitrogens is 3. The fourth-order valence-corrected chi connectivity index (χ4v) is 4.79. The lowest BCUT2D eigenvalue weighted by Crippen LogP contribution is -2.48. The number of rotatable bonds is 4. The van der Waals surface area contributed by atoms with Gasteiger partial charge in [-0.15, -0.1) is 11.3 Å². The van der Waals surface area contributed by atoms with Gasteiger partial charge >= 0.3 is 0 Å². The molecule has 0 spiro atoms. The quantitative estimate of drug-likeness (QED) is 0.517. The van der Waals surface area contributed by atoms with Crippen LogP contribution in [0.1, 0.15) is 10.4 Å². The van der Waals surface area contributed by atoms with Gasteiger partial charge in [0.1, 0.15) is 21.7 Å². The van der Waals surface area contributed by atoms with E-state index in [4.69, 9.17) is 4.74 Å². The van der Waals surface area contributed by atoms with Gasteiger partial charge in [-0.3, -0.25) is 14.6 Å². The van der Waals surface area contributed by atoms with Gasteiger partial charge in [0.15, 0.2) is 5.82 Å². The summed E-state index contributed by atoms with van der Waals surface area (Å²) in [5, 5.41) is 1.73. The van der Waals surface area contributed by atoms with Crippen molar-refractivity contribution in [2.75, 3.05) is 38.2 Å². The third-order valence-electron chi connectivity index (χ3n) is 5.56. The summed E-state index contributed by atoms with van der Waals surface area (Å²) in [7, 11) is 1.66. The first-order valence-corrected chi connectivity index (χ1v) is 11.1. The molecule has 1 fully saturated rings. The van der Waals surface area contributed by atoms with E-state index in [1.807, 2.05) is 35.2 Å². The van der Waals surface area contributed by atoms with Crippen molar-refractivity contribution in [3.63, 3.8) is 0 Å². The molecule has 8 nitrogen and oxygen atoms in total. The lowest BCUT2D eigenvalue weighted by molar-refractivity contribution is 0.0749. The molecule has 162 valence electrons. The third kappa shape index (κ3) is 3.60. The summed E-state index contributed by atoms with van der Waals surface area (Å²) >= 11 is 1.24. The van der Waals surface area contributed by atoms with Gasteiger partial charge < -0.3 is 19.5 Å². The maximum atomic E-state index is 13.3. The molecule has 5 rings (SSSR count). The highest BCUT2D eigenvalue weighted by molar-refractivity contribution is 7.17. The molecule has 4 heterocycles. The molecular formula is C23H21N5O3S. The number of hydrogen-bond donors (Lipinski definition) is 1. The molecular weight excluding hydrogens is 426 g/mol. The SMILES string of the molecule is COc1ccccc1N1CCN(C(=O)c2csc3c(=O)[nH]c(-c4ccccn4)nc23)CC1. The molecule has 4 aromatic rings. The lowest BCUT2D eigenvalue weighted by atomic mass is 10.2. The number of methoxy groups -OCH3 is 1. The summed E-state index contributed by atoms with van der Waals surface area (Å²) in [6, 6.07) is 13.3. The van der Waals surface area contributed by atoms with Crippen LogP contribution < -0.4 is 15.2 Å². The smallest absolute Gasteiger partial charge is 0.269 e. The number of pyridine rings is 1. The molecule has 0 atom stereocenters. The maximum absolute atomic E-state index is 13.3. The maximum Gasteiger partial charge on any atom is 0.269 e.